The van der Waals surface area contributed by atoms with Crippen LogP contribution in [0.15, 0.2) is 0 Å². The summed E-state index contributed by atoms with van der Waals surface area (Å²) in [6, 6.07) is 0. The van der Waals surface area contributed by atoms with E-state index in [0.29, 0.717) is 13.2 Å². The number of ether oxygens (including phenoxy) is 2. The molecule has 2 fully saturated rings. The van der Waals surface area contributed by atoms with Gasteiger partial charge in [-0.05, 0) is 19.3 Å². The largest absolute Gasteiger partial charge is 0.393 e. The van der Waals surface area contributed by atoms with Gasteiger partial charge in [0, 0.05) is 19.6 Å². The quantitative estimate of drug-likeness (QED) is 0.584. The first kappa shape index (κ1) is 8.48. The van der Waals surface area contributed by atoms with E-state index in [2.05, 4.69) is 0 Å². The van der Waals surface area contributed by atoms with E-state index in [0.717, 1.165) is 32.3 Å². The molecule has 2 aliphatic heterocycles. The molecule has 12 heavy (non-hydrogen) atoms. The minimum absolute atomic E-state index is 0.143. The number of aliphatic hydroxyl groups excluding tert-OH is 1. The molecule has 2 atom stereocenters. The summed E-state index contributed by atoms with van der Waals surface area (Å²) < 4.78 is 11.1. The molecule has 0 radical (unpaired) electrons. The zero-order valence-corrected chi connectivity index (χ0v) is 7.29. The van der Waals surface area contributed by atoms with Crippen molar-refractivity contribution in [3.8, 4) is 0 Å². The first-order valence-electron chi connectivity index (χ1n) is 4.71. The minimum atomic E-state index is -0.180. The highest BCUT2D eigenvalue weighted by atomic mass is 16.5. The topological polar surface area (TPSA) is 38.7 Å². The molecule has 0 aromatic heterocycles. The molecule has 0 aromatic rings. The van der Waals surface area contributed by atoms with Crippen LogP contribution in [0, 0.1) is 0 Å². The molecule has 3 heteroatoms. The van der Waals surface area contributed by atoms with Gasteiger partial charge in [0.1, 0.15) is 0 Å². The van der Waals surface area contributed by atoms with Crippen molar-refractivity contribution in [2.75, 3.05) is 19.8 Å². The van der Waals surface area contributed by atoms with Gasteiger partial charge in [-0.2, -0.15) is 0 Å². The number of hydrogen-bond acceptors (Lipinski definition) is 3. The van der Waals surface area contributed by atoms with Gasteiger partial charge in [0.2, 0.25) is 0 Å². The Bertz CT molecular complexity index is 146. The van der Waals surface area contributed by atoms with Gasteiger partial charge in [-0.1, -0.05) is 0 Å². The Hall–Kier alpha value is -0.120. The summed E-state index contributed by atoms with van der Waals surface area (Å²) in [6.07, 6.45) is 3.46. The Morgan fingerprint density at radius 1 is 1.33 bits per heavy atom. The van der Waals surface area contributed by atoms with E-state index >= 15 is 0 Å². The van der Waals surface area contributed by atoms with Crippen LogP contribution in [0.1, 0.15) is 25.7 Å². The third-order valence-electron chi connectivity index (χ3n) is 2.75. The Morgan fingerprint density at radius 2 is 2.25 bits per heavy atom. The fraction of sp³-hybridized carbons (Fsp3) is 1.00. The summed E-state index contributed by atoms with van der Waals surface area (Å²) >= 11 is 0. The normalized spacial score (nSPS) is 43.2. The molecule has 0 aromatic carbocycles. The lowest BCUT2D eigenvalue weighted by atomic mass is 9.87. The maximum atomic E-state index is 9.49. The lowest BCUT2D eigenvalue weighted by Crippen LogP contribution is -2.47. The van der Waals surface area contributed by atoms with Crippen LogP contribution in [0.4, 0.5) is 0 Å². The lowest BCUT2D eigenvalue weighted by molar-refractivity contribution is -0.173. The van der Waals surface area contributed by atoms with Crippen molar-refractivity contribution >= 4 is 0 Å². The molecule has 2 heterocycles. The average Bonchev–Trinajstić information content (AvgIpc) is 2.05. The summed E-state index contributed by atoms with van der Waals surface area (Å²) in [5, 5.41) is 9.49. The highest BCUT2D eigenvalue weighted by molar-refractivity contribution is 4.88. The van der Waals surface area contributed by atoms with E-state index in [1.54, 1.807) is 0 Å². The molecule has 3 nitrogen and oxygen atoms in total. The van der Waals surface area contributed by atoms with Gasteiger partial charge in [0.15, 0.2) is 0 Å². The second kappa shape index (κ2) is 3.32. The van der Waals surface area contributed by atoms with Gasteiger partial charge < -0.3 is 14.6 Å². The third kappa shape index (κ3) is 1.63. The molecule has 0 aliphatic carbocycles. The van der Waals surface area contributed by atoms with Crippen molar-refractivity contribution in [2.24, 2.45) is 0 Å². The molecule has 0 bridgehead atoms. The fourth-order valence-electron chi connectivity index (χ4n) is 2.10. The smallest absolute Gasteiger partial charge is 0.0940 e. The predicted molar refractivity (Wildman–Crippen MR) is 44.0 cm³/mol. The zero-order valence-electron chi connectivity index (χ0n) is 7.29. The van der Waals surface area contributed by atoms with Gasteiger partial charge in [0.25, 0.3) is 0 Å². The van der Waals surface area contributed by atoms with Crippen LogP contribution in [-0.4, -0.2) is 36.6 Å². The van der Waals surface area contributed by atoms with Gasteiger partial charge in [-0.3, -0.25) is 0 Å². The Kier molecular flexibility index (Phi) is 2.35. The van der Waals surface area contributed by atoms with Crippen LogP contribution < -0.4 is 0 Å². The summed E-state index contributed by atoms with van der Waals surface area (Å²) in [4.78, 5) is 0. The van der Waals surface area contributed by atoms with Gasteiger partial charge in [-0.25, -0.2) is 0 Å². The predicted octanol–water partition coefficient (Wildman–Crippen LogP) is 0.707. The van der Waals surface area contributed by atoms with Gasteiger partial charge >= 0.3 is 0 Å². The zero-order chi connectivity index (χ0) is 8.44. The number of aliphatic hydroxyl groups is 1. The van der Waals surface area contributed by atoms with E-state index < -0.39 is 0 Å². The van der Waals surface area contributed by atoms with Gasteiger partial charge in [-0.15, -0.1) is 0 Å². The van der Waals surface area contributed by atoms with Crippen LogP contribution in [0.25, 0.3) is 0 Å². The standard InChI is InChI=1S/C9H16O3/c10-8-2-5-12-9(6-8)3-1-4-11-7-9/h8,10H,1-7H2. The summed E-state index contributed by atoms with van der Waals surface area (Å²) in [5.74, 6) is 0. The van der Waals surface area contributed by atoms with Crippen molar-refractivity contribution in [1.82, 2.24) is 0 Å². The molecule has 0 amide bonds. The van der Waals surface area contributed by atoms with Crippen LogP contribution in [0.2, 0.25) is 0 Å². The van der Waals surface area contributed by atoms with Crippen molar-refractivity contribution in [3.63, 3.8) is 0 Å². The maximum absolute atomic E-state index is 9.49. The van der Waals surface area contributed by atoms with E-state index in [1.165, 1.54) is 0 Å². The highest BCUT2D eigenvalue weighted by Crippen LogP contribution is 2.32. The van der Waals surface area contributed by atoms with Gasteiger partial charge in [0.05, 0.1) is 18.3 Å². The average molecular weight is 172 g/mol. The second-order valence-corrected chi connectivity index (χ2v) is 3.83. The molecule has 0 saturated carbocycles. The van der Waals surface area contributed by atoms with Crippen LogP contribution in [0.3, 0.4) is 0 Å². The third-order valence-corrected chi connectivity index (χ3v) is 2.75. The molecular formula is C9H16O3. The fourth-order valence-corrected chi connectivity index (χ4v) is 2.10. The molecule has 2 unspecified atom stereocenters. The molecule has 2 rings (SSSR count). The molecule has 1 N–H and O–H groups in total. The number of hydrogen-bond donors (Lipinski definition) is 1. The Morgan fingerprint density at radius 3 is 2.92 bits per heavy atom. The molecule has 2 saturated heterocycles. The molecule has 70 valence electrons. The van der Waals surface area contributed by atoms with Crippen molar-refractivity contribution in [2.45, 2.75) is 37.4 Å². The number of rotatable bonds is 0. The Balaban J connectivity index is 1.97. The minimum Gasteiger partial charge on any atom is -0.393 e. The highest BCUT2D eigenvalue weighted by Gasteiger charge is 2.38. The van der Waals surface area contributed by atoms with Crippen molar-refractivity contribution in [1.29, 1.82) is 0 Å². The van der Waals surface area contributed by atoms with Crippen LogP contribution in [0.5, 0.6) is 0 Å². The summed E-state index contributed by atoms with van der Waals surface area (Å²) in [5.41, 5.74) is -0.143. The summed E-state index contributed by atoms with van der Waals surface area (Å²) in [6.45, 7) is 2.20. The second-order valence-electron chi connectivity index (χ2n) is 3.83. The first-order valence-corrected chi connectivity index (χ1v) is 4.71. The molecule has 2 aliphatic rings. The van der Waals surface area contributed by atoms with E-state index in [-0.39, 0.29) is 11.7 Å². The van der Waals surface area contributed by atoms with Crippen LogP contribution in [-0.2, 0) is 9.47 Å². The lowest BCUT2D eigenvalue weighted by Gasteiger charge is -2.41. The maximum Gasteiger partial charge on any atom is 0.0940 e. The summed E-state index contributed by atoms with van der Waals surface area (Å²) in [7, 11) is 0. The van der Waals surface area contributed by atoms with E-state index in [4.69, 9.17) is 9.47 Å². The Labute approximate surface area is 72.7 Å². The van der Waals surface area contributed by atoms with E-state index in [9.17, 15) is 5.11 Å². The molecular weight excluding hydrogens is 156 g/mol. The van der Waals surface area contributed by atoms with Crippen molar-refractivity contribution < 1.29 is 14.6 Å². The van der Waals surface area contributed by atoms with E-state index in [1.807, 2.05) is 0 Å². The van der Waals surface area contributed by atoms with Crippen LogP contribution >= 0.6 is 0 Å². The van der Waals surface area contributed by atoms with Crippen molar-refractivity contribution in [3.05, 3.63) is 0 Å². The SMILES string of the molecule is OC1CCOC2(CCCOC2)C1. The monoisotopic (exact) mass is 172 g/mol. The molecule has 1 spiro atoms. The first-order chi connectivity index (χ1) is 5.81.